The number of phenolic OH excluding ortho intramolecular Hbond substituents is 1. The van der Waals surface area contributed by atoms with Gasteiger partial charge >= 0.3 is 5.91 Å². The van der Waals surface area contributed by atoms with Gasteiger partial charge in [0.1, 0.15) is 17.3 Å². The number of rotatable bonds is 3. The third-order valence-corrected chi connectivity index (χ3v) is 6.86. The fourth-order valence-electron chi connectivity index (χ4n) is 4.13. The quantitative estimate of drug-likeness (QED) is 0.236. The van der Waals surface area contributed by atoms with Crippen molar-refractivity contribution < 1.29 is 24.2 Å². The average Bonchev–Trinajstić information content (AvgIpc) is 3.33. The van der Waals surface area contributed by atoms with E-state index in [1.165, 1.54) is 35.2 Å². The van der Waals surface area contributed by atoms with Crippen molar-refractivity contribution in [2.45, 2.75) is 19.9 Å². The number of Topliss-reactive ketones (excluding diaryl/α,β-unsaturated/α-hetero) is 1. The number of anilines is 1. The van der Waals surface area contributed by atoms with Gasteiger partial charge in [0.25, 0.3) is 5.78 Å². The largest absolute Gasteiger partial charge is 0.508 e. The third-order valence-electron chi connectivity index (χ3n) is 5.85. The van der Waals surface area contributed by atoms with Crippen LogP contribution in [0.4, 0.5) is 9.52 Å². The Kier molecular flexibility index (Phi) is 5.17. The lowest BCUT2D eigenvalue weighted by Crippen LogP contribution is -2.29. The second kappa shape index (κ2) is 8.07. The summed E-state index contributed by atoms with van der Waals surface area (Å²) in [6.45, 7) is 3.68. The number of aromatic hydroxyl groups is 1. The van der Waals surface area contributed by atoms with E-state index in [1.54, 1.807) is 18.2 Å². The van der Waals surface area contributed by atoms with E-state index in [-0.39, 0.29) is 22.2 Å². The highest BCUT2D eigenvalue weighted by Gasteiger charge is 2.48. The zero-order valence-electron chi connectivity index (χ0n) is 18.2. The van der Waals surface area contributed by atoms with Crippen LogP contribution in [-0.2, 0) is 9.59 Å². The molecule has 8 heteroatoms. The SMILES string of the molecule is Cc1ccc(C)c(/C(O)=C2\C(=O)C(=O)N(c3nc4ccc(F)cc4s3)C2c2ccc(O)cc2)c1. The summed E-state index contributed by atoms with van der Waals surface area (Å²) in [7, 11) is 0. The van der Waals surface area contributed by atoms with Crippen molar-refractivity contribution in [1.29, 1.82) is 0 Å². The van der Waals surface area contributed by atoms with Crippen LogP contribution in [0.15, 0.2) is 66.2 Å². The molecular weight excluding hydrogens is 455 g/mol. The molecule has 3 aromatic carbocycles. The predicted molar refractivity (Wildman–Crippen MR) is 128 cm³/mol. The van der Waals surface area contributed by atoms with Crippen molar-refractivity contribution in [3.8, 4) is 5.75 Å². The van der Waals surface area contributed by atoms with Crippen LogP contribution in [0.2, 0.25) is 0 Å². The summed E-state index contributed by atoms with van der Waals surface area (Å²) in [5, 5.41) is 21.3. The molecule has 1 aliphatic rings. The number of amides is 1. The smallest absolute Gasteiger partial charge is 0.301 e. The topological polar surface area (TPSA) is 90.7 Å². The fraction of sp³-hybridized carbons (Fsp3) is 0.115. The molecular formula is C26H19FN2O4S. The van der Waals surface area contributed by atoms with Crippen molar-refractivity contribution in [1.82, 2.24) is 4.98 Å². The van der Waals surface area contributed by atoms with Crippen LogP contribution in [0.1, 0.15) is 28.3 Å². The third kappa shape index (κ3) is 3.52. The molecule has 1 unspecified atom stereocenters. The van der Waals surface area contributed by atoms with Gasteiger partial charge in [-0.2, -0.15) is 0 Å². The molecule has 34 heavy (non-hydrogen) atoms. The summed E-state index contributed by atoms with van der Waals surface area (Å²) in [5.41, 5.74) is 3.00. The van der Waals surface area contributed by atoms with E-state index >= 15 is 0 Å². The maximum Gasteiger partial charge on any atom is 0.301 e. The number of fused-ring (bicyclic) bond motifs is 1. The standard InChI is InChI=1S/C26H19FN2O4S/c1-13-3-4-14(2)18(11-13)23(31)21-22(15-5-8-17(30)9-6-15)29(25(33)24(21)32)26-28-19-10-7-16(27)12-20(19)34-26/h3-12,22,30-31H,1-2H3/b23-21+. The highest BCUT2D eigenvalue weighted by atomic mass is 32.1. The minimum Gasteiger partial charge on any atom is -0.508 e. The molecule has 1 saturated heterocycles. The summed E-state index contributed by atoms with van der Waals surface area (Å²) < 4.78 is 14.3. The van der Waals surface area contributed by atoms with E-state index in [2.05, 4.69) is 4.98 Å². The van der Waals surface area contributed by atoms with Gasteiger partial charge in [0.15, 0.2) is 5.13 Å². The Morgan fingerprint density at radius 2 is 1.76 bits per heavy atom. The minimum atomic E-state index is -0.981. The molecule has 1 aliphatic heterocycles. The van der Waals surface area contributed by atoms with E-state index in [9.17, 15) is 24.2 Å². The molecule has 0 bridgehead atoms. The van der Waals surface area contributed by atoms with Crippen LogP contribution in [-0.4, -0.2) is 26.9 Å². The molecule has 2 heterocycles. The molecule has 170 valence electrons. The number of benzene rings is 3. The fourth-order valence-corrected chi connectivity index (χ4v) is 5.14. The van der Waals surface area contributed by atoms with Crippen LogP contribution in [0, 0.1) is 19.7 Å². The molecule has 2 N–H and O–H groups in total. The molecule has 1 fully saturated rings. The van der Waals surface area contributed by atoms with Crippen LogP contribution in [0.3, 0.4) is 0 Å². The summed E-state index contributed by atoms with van der Waals surface area (Å²) >= 11 is 1.08. The molecule has 0 spiro atoms. The normalized spacial score (nSPS) is 17.6. The van der Waals surface area contributed by atoms with Crippen LogP contribution < -0.4 is 4.90 Å². The van der Waals surface area contributed by atoms with Gasteiger partial charge in [0.2, 0.25) is 0 Å². The zero-order chi connectivity index (χ0) is 24.1. The first kappa shape index (κ1) is 21.8. The van der Waals surface area contributed by atoms with Crippen molar-refractivity contribution in [3.05, 3.63) is 94.3 Å². The van der Waals surface area contributed by atoms with Gasteiger partial charge < -0.3 is 10.2 Å². The van der Waals surface area contributed by atoms with E-state index in [0.29, 0.717) is 21.3 Å². The number of aliphatic hydroxyl groups is 1. The molecule has 0 aliphatic carbocycles. The number of aryl methyl sites for hydroxylation is 2. The summed E-state index contributed by atoms with van der Waals surface area (Å²) in [5.74, 6) is -2.39. The van der Waals surface area contributed by atoms with E-state index in [1.807, 2.05) is 26.0 Å². The highest BCUT2D eigenvalue weighted by Crippen LogP contribution is 2.44. The first-order valence-electron chi connectivity index (χ1n) is 10.5. The van der Waals surface area contributed by atoms with Crippen LogP contribution in [0.5, 0.6) is 5.75 Å². The lowest BCUT2D eigenvalue weighted by atomic mass is 9.93. The summed E-state index contributed by atoms with van der Waals surface area (Å²) in [4.78, 5) is 32.2. The number of nitrogens with zero attached hydrogens (tertiary/aromatic N) is 2. The van der Waals surface area contributed by atoms with Gasteiger partial charge in [0.05, 0.1) is 21.8 Å². The zero-order valence-corrected chi connectivity index (χ0v) is 19.1. The van der Waals surface area contributed by atoms with Crippen molar-refractivity contribution in [2.24, 2.45) is 0 Å². The Morgan fingerprint density at radius 1 is 1.03 bits per heavy atom. The summed E-state index contributed by atoms with van der Waals surface area (Å²) in [6, 6.07) is 14.7. The van der Waals surface area contributed by atoms with Crippen molar-refractivity contribution >= 4 is 44.1 Å². The second-order valence-electron chi connectivity index (χ2n) is 8.19. The van der Waals surface area contributed by atoms with Gasteiger partial charge in [-0.3, -0.25) is 14.5 Å². The molecule has 0 saturated carbocycles. The maximum atomic E-state index is 13.7. The lowest BCUT2D eigenvalue weighted by molar-refractivity contribution is -0.132. The number of halogens is 1. The van der Waals surface area contributed by atoms with Crippen molar-refractivity contribution in [3.63, 3.8) is 0 Å². The number of aromatic nitrogens is 1. The monoisotopic (exact) mass is 474 g/mol. The Labute approximate surface area is 198 Å². The predicted octanol–water partition coefficient (Wildman–Crippen LogP) is 5.38. The van der Waals surface area contributed by atoms with E-state index < -0.39 is 23.5 Å². The number of phenols is 1. The van der Waals surface area contributed by atoms with Gasteiger partial charge in [-0.25, -0.2) is 9.37 Å². The molecule has 0 radical (unpaired) electrons. The number of hydrogen-bond donors (Lipinski definition) is 2. The maximum absolute atomic E-state index is 13.7. The van der Waals surface area contributed by atoms with E-state index in [4.69, 9.17) is 0 Å². The molecule has 5 rings (SSSR count). The highest BCUT2D eigenvalue weighted by molar-refractivity contribution is 7.22. The molecule has 1 amide bonds. The Morgan fingerprint density at radius 3 is 2.50 bits per heavy atom. The minimum absolute atomic E-state index is 0.0192. The number of ketones is 1. The molecule has 4 aromatic rings. The van der Waals surface area contributed by atoms with Gasteiger partial charge in [-0.15, -0.1) is 0 Å². The average molecular weight is 475 g/mol. The molecule has 1 atom stereocenters. The van der Waals surface area contributed by atoms with Crippen molar-refractivity contribution in [2.75, 3.05) is 4.90 Å². The van der Waals surface area contributed by atoms with Crippen LogP contribution in [0.25, 0.3) is 16.0 Å². The van der Waals surface area contributed by atoms with E-state index in [0.717, 1.165) is 22.5 Å². The first-order valence-corrected chi connectivity index (χ1v) is 11.3. The number of hydrogen-bond acceptors (Lipinski definition) is 6. The Hall–Kier alpha value is -4.04. The second-order valence-corrected chi connectivity index (χ2v) is 9.20. The molecule has 6 nitrogen and oxygen atoms in total. The van der Waals surface area contributed by atoms with Gasteiger partial charge in [-0.1, -0.05) is 41.2 Å². The first-order chi connectivity index (χ1) is 16.2. The number of carbonyl (C=O) groups excluding carboxylic acids is 2. The van der Waals surface area contributed by atoms with Gasteiger partial charge in [-0.05, 0) is 61.4 Å². The summed E-state index contributed by atoms with van der Waals surface area (Å²) in [6.07, 6.45) is 0. The Balaban J connectivity index is 1.76. The number of aliphatic hydroxyl groups excluding tert-OH is 1. The number of thiazole rings is 1. The lowest BCUT2D eigenvalue weighted by Gasteiger charge is -2.23. The number of carbonyl (C=O) groups is 2. The Bertz CT molecular complexity index is 1510. The van der Waals surface area contributed by atoms with Crippen LogP contribution >= 0.6 is 11.3 Å². The van der Waals surface area contributed by atoms with Gasteiger partial charge in [0, 0.05) is 5.56 Å². The molecule has 1 aromatic heterocycles.